The standard InChI is InChI=1S/C17H21N5O4/c1-2-25-17(24)22-9-7-21(8-10-22)15(23)14-5-6-18-16(20-14)19-12-13-4-3-11-26-13/h3-6,11H,2,7-10,12H2,1H3,(H,18,19,20). The number of anilines is 1. The third-order valence-corrected chi connectivity index (χ3v) is 3.97. The van der Waals surface area contributed by atoms with Gasteiger partial charge in [-0.2, -0.15) is 0 Å². The topological polar surface area (TPSA) is 101 Å². The summed E-state index contributed by atoms with van der Waals surface area (Å²) in [4.78, 5) is 36.0. The van der Waals surface area contributed by atoms with Crippen molar-refractivity contribution in [2.24, 2.45) is 0 Å². The fourth-order valence-electron chi connectivity index (χ4n) is 2.61. The molecule has 0 atom stereocenters. The Bertz CT molecular complexity index is 741. The van der Waals surface area contributed by atoms with E-state index in [9.17, 15) is 9.59 Å². The van der Waals surface area contributed by atoms with E-state index in [1.54, 1.807) is 41.3 Å². The second-order valence-corrected chi connectivity index (χ2v) is 5.68. The minimum atomic E-state index is -0.342. The summed E-state index contributed by atoms with van der Waals surface area (Å²) >= 11 is 0. The first-order chi connectivity index (χ1) is 12.7. The molecular formula is C17H21N5O4. The summed E-state index contributed by atoms with van der Waals surface area (Å²) < 4.78 is 10.2. The van der Waals surface area contributed by atoms with Crippen LogP contribution in [0.3, 0.4) is 0 Å². The van der Waals surface area contributed by atoms with Gasteiger partial charge in [0.15, 0.2) is 0 Å². The Morgan fingerprint density at radius 3 is 2.69 bits per heavy atom. The number of piperazine rings is 1. The normalized spacial score (nSPS) is 14.2. The summed E-state index contributed by atoms with van der Waals surface area (Å²) in [5.74, 6) is 0.926. The monoisotopic (exact) mass is 359 g/mol. The molecule has 2 amide bonds. The molecule has 0 unspecified atom stereocenters. The Morgan fingerprint density at radius 2 is 2.00 bits per heavy atom. The van der Waals surface area contributed by atoms with E-state index in [0.29, 0.717) is 51.0 Å². The van der Waals surface area contributed by atoms with Crippen LogP contribution in [0.2, 0.25) is 0 Å². The highest BCUT2D eigenvalue weighted by Crippen LogP contribution is 2.10. The van der Waals surface area contributed by atoms with Crippen LogP contribution in [0.4, 0.5) is 10.7 Å². The van der Waals surface area contributed by atoms with Crippen molar-refractivity contribution in [3.63, 3.8) is 0 Å². The molecule has 26 heavy (non-hydrogen) atoms. The average molecular weight is 359 g/mol. The highest BCUT2D eigenvalue weighted by Gasteiger charge is 2.26. The maximum Gasteiger partial charge on any atom is 0.409 e. The van der Waals surface area contributed by atoms with Gasteiger partial charge in [0, 0.05) is 32.4 Å². The van der Waals surface area contributed by atoms with Gasteiger partial charge in [-0.05, 0) is 25.1 Å². The minimum absolute atomic E-state index is 0.183. The number of nitrogens with one attached hydrogen (secondary N) is 1. The first-order valence-corrected chi connectivity index (χ1v) is 8.47. The number of hydrogen-bond donors (Lipinski definition) is 1. The van der Waals surface area contributed by atoms with Gasteiger partial charge in [-0.25, -0.2) is 14.8 Å². The van der Waals surface area contributed by atoms with Gasteiger partial charge in [0.2, 0.25) is 5.95 Å². The molecule has 2 aromatic heterocycles. The predicted molar refractivity (Wildman–Crippen MR) is 92.6 cm³/mol. The first kappa shape index (κ1) is 17.7. The van der Waals surface area contributed by atoms with Gasteiger partial charge < -0.3 is 24.3 Å². The van der Waals surface area contributed by atoms with Crippen molar-refractivity contribution in [3.8, 4) is 0 Å². The molecule has 0 spiro atoms. The van der Waals surface area contributed by atoms with Crippen molar-refractivity contribution in [2.45, 2.75) is 13.5 Å². The van der Waals surface area contributed by atoms with Crippen molar-refractivity contribution in [1.82, 2.24) is 19.8 Å². The molecule has 0 aliphatic carbocycles. The van der Waals surface area contributed by atoms with Crippen LogP contribution in [0, 0.1) is 0 Å². The van der Waals surface area contributed by atoms with Gasteiger partial charge in [0.1, 0.15) is 11.5 Å². The Morgan fingerprint density at radius 1 is 1.23 bits per heavy atom. The molecule has 0 aromatic carbocycles. The van der Waals surface area contributed by atoms with E-state index in [1.807, 2.05) is 6.07 Å². The van der Waals surface area contributed by atoms with Gasteiger partial charge in [-0.3, -0.25) is 4.79 Å². The summed E-state index contributed by atoms with van der Waals surface area (Å²) in [6.07, 6.45) is 2.79. The number of rotatable bonds is 5. The lowest BCUT2D eigenvalue weighted by molar-refractivity contribution is 0.0566. The first-order valence-electron chi connectivity index (χ1n) is 8.47. The highest BCUT2D eigenvalue weighted by molar-refractivity contribution is 5.92. The number of ether oxygens (including phenoxy) is 1. The number of aromatic nitrogens is 2. The quantitative estimate of drug-likeness (QED) is 0.865. The number of amides is 2. The lowest BCUT2D eigenvalue weighted by Gasteiger charge is -2.33. The van der Waals surface area contributed by atoms with Gasteiger partial charge in [-0.15, -0.1) is 0 Å². The average Bonchev–Trinajstić information content (AvgIpc) is 3.20. The van der Waals surface area contributed by atoms with Crippen molar-refractivity contribution < 1.29 is 18.7 Å². The van der Waals surface area contributed by atoms with Crippen molar-refractivity contribution >= 4 is 17.9 Å². The predicted octanol–water partition coefficient (Wildman–Crippen LogP) is 1.60. The summed E-state index contributed by atoms with van der Waals surface area (Å²) in [7, 11) is 0. The van der Waals surface area contributed by atoms with E-state index in [1.165, 1.54) is 0 Å². The third kappa shape index (κ3) is 4.29. The molecule has 1 aliphatic rings. The summed E-state index contributed by atoms with van der Waals surface area (Å²) in [5, 5.41) is 3.03. The van der Waals surface area contributed by atoms with Crippen LogP contribution in [0.5, 0.6) is 0 Å². The van der Waals surface area contributed by atoms with E-state index in [-0.39, 0.29) is 12.0 Å². The molecule has 9 heteroatoms. The van der Waals surface area contributed by atoms with Crippen molar-refractivity contribution in [3.05, 3.63) is 42.1 Å². The smallest absolute Gasteiger partial charge is 0.409 e. The van der Waals surface area contributed by atoms with E-state index >= 15 is 0 Å². The Kier molecular flexibility index (Phi) is 5.67. The number of nitrogens with zero attached hydrogens (tertiary/aromatic N) is 4. The zero-order valence-corrected chi connectivity index (χ0v) is 14.6. The lowest BCUT2D eigenvalue weighted by Crippen LogP contribution is -2.50. The number of carbonyl (C=O) groups is 2. The lowest BCUT2D eigenvalue weighted by atomic mass is 10.3. The fourth-order valence-corrected chi connectivity index (χ4v) is 2.61. The molecule has 0 radical (unpaired) electrons. The van der Waals surface area contributed by atoms with E-state index in [0.717, 1.165) is 5.76 Å². The molecular weight excluding hydrogens is 338 g/mol. The zero-order chi connectivity index (χ0) is 18.4. The van der Waals surface area contributed by atoms with Crippen LogP contribution in [-0.4, -0.2) is 64.6 Å². The Balaban J connectivity index is 1.56. The second-order valence-electron chi connectivity index (χ2n) is 5.68. The molecule has 1 N–H and O–H groups in total. The summed E-state index contributed by atoms with van der Waals surface area (Å²) in [6, 6.07) is 5.22. The van der Waals surface area contributed by atoms with Crippen LogP contribution in [0.15, 0.2) is 35.1 Å². The summed E-state index contributed by atoms with van der Waals surface area (Å²) in [5.41, 5.74) is 0.312. The van der Waals surface area contributed by atoms with Crippen LogP contribution in [-0.2, 0) is 11.3 Å². The molecule has 1 fully saturated rings. The molecule has 0 bridgehead atoms. The SMILES string of the molecule is CCOC(=O)N1CCN(C(=O)c2ccnc(NCc3ccco3)n2)CC1. The fraction of sp³-hybridized carbons (Fsp3) is 0.412. The van der Waals surface area contributed by atoms with Crippen LogP contribution in [0.1, 0.15) is 23.2 Å². The molecule has 1 saturated heterocycles. The van der Waals surface area contributed by atoms with Crippen LogP contribution >= 0.6 is 0 Å². The minimum Gasteiger partial charge on any atom is -0.467 e. The zero-order valence-electron chi connectivity index (χ0n) is 14.6. The number of hydrogen-bond acceptors (Lipinski definition) is 7. The Hall–Kier alpha value is -3.10. The molecule has 1 aliphatic heterocycles. The second kappa shape index (κ2) is 8.32. The summed E-state index contributed by atoms with van der Waals surface area (Å²) in [6.45, 7) is 4.31. The third-order valence-electron chi connectivity index (χ3n) is 3.97. The van der Waals surface area contributed by atoms with Crippen molar-refractivity contribution in [1.29, 1.82) is 0 Å². The van der Waals surface area contributed by atoms with E-state index < -0.39 is 0 Å². The molecule has 138 valence electrons. The van der Waals surface area contributed by atoms with E-state index in [2.05, 4.69) is 15.3 Å². The van der Waals surface area contributed by atoms with Gasteiger partial charge >= 0.3 is 6.09 Å². The van der Waals surface area contributed by atoms with Crippen molar-refractivity contribution in [2.75, 3.05) is 38.1 Å². The molecule has 3 rings (SSSR count). The number of furan rings is 1. The molecule has 9 nitrogen and oxygen atoms in total. The maximum atomic E-state index is 12.6. The Labute approximate surface area is 151 Å². The van der Waals surface area contributed by atoms with E-state index in [4.69, 9.17) is 9.15 Å². The van der Waals surface area contributed by atoms with Gasteiger partial charge in [0.25, 0.3) is 5.91 Å². The van der Waals surface area contributed by atoms with Gasteiger partial charge in [0.05, 0.1) is 19.4 Å². The van der Waals surface area contributed by atoms with Crippen LogP contribution in [0.25, 0.3) is 0 Å². The number of carbonyl (C=O) groups excluding carboxylic acids is 2. The molecule has 3 heterocycles. The largest absolute Gasteiger partial charge is 0.467 e. The van der Waals surface area contributed by atoms with Crippen LogP contribution < -0.4 is 5.32 Å². The maximum absolute atomic E-state index is 12.6. The molecule has 2 aromatic rings. The van der Waals surface area contributed by atoms with Gasteiger partial charge in [-0.1, -0.05) is 0 Å². The highest BCUT2D eigenvalue weighted by atomic mass is 16.6. The molecule has 0 saturated carbocycles.